The van der Waals surface area contributed by atoms with Crippen molar-refractivity contribution in [3.63, 3.8) is 0 Å². The van der Waals surface area contributed by atoms with Crippen LogP contribution in [0.4, 0.5) is 24.5 Å². The number of benzene rings is 2. The van der Waals surface area contributed by atoms with Crippen LogP contribution >= 0.6 is 0 Å². The Morgan fingerprint density at radius 3 is 2.41 bits per heavy atom. The van der Waals surface area contributed by atoms with Crippen LogP contribution in [0.2, 0.25) is 0 Å². The first kappa shape index (κ1) is 20.3. The topological polar surface area (TPSA) is 83.8 Å². The zero-order chi connectivity index (χ0) is 21.2. The fourth-order valence-corrected chi connectivity index (χ4v) is 3.03. The van der Waals surface area contributed by atoms with Crippen LogP contribution in [0.25, 0.3) is 0 Å². The molecule has 152 valence electrons. The third-order valence-electron chi connectivity index (χ3n) is 4.54. The van der Waals surface area contributed by atoms with Crippen molar-refractivity contribution in [3.8, 4) is 0 Å². The second-order valence-electron chi connectivity index (χ2n) is 6.49. The molecular weight excluding hydrogens is 391 g/mol. The van der Waals surface area contributed by atoms with Crippen molar-refractivity contribution in [2.75, 3.05) is 18.1 Å². The molecule has 0 saturated carbocycles. The average Bonchev–Trinajstić information content (AvgIpc) is 3.09. The highest BCUT2D eigenvalue weighted by molar-refractivity contribution is 6.06. The predicted molar refractivity (Wildman–Crippen MR) is 97.2 cm³/mol. The SMILES string of the molecule is O=C1CCCN1CN(C(=O)c1cccc(C(F)(F)F)c1)c1ccc([N+](=O)[O-])cc1. The van der Waals surface area contributed by atoms with Crippen LogP contribution in [-0.2, 0) is 11.0 Å². The van der Waals surface area contributed by atoms with Crippen molar-refractivity contribution in [2.24, 2.45) is 0 Å². The highest BCUT2D eigenvalue weighted by Crippen LogP contribution is 2.30. The number of nitro groups is 1. The minimum Gasteiger partial charge on any atom is -0.324 e. The number of nitro benzene ring substituents is 1. The molecule has 0 radical (unpaired) electrons. The Morgan fingerprint density at radius 1 is 1.17 bits per heavy atom. The van der Waals surface area contributed by atoms with Crippen LogP contribution in [0.15, 0.2) is 48.5 Å². The lowest BCUT2D eigenvalue weighted by atomic mass is 10.1. The molecule has 3 rings (SSSR count). The number of halogens is 3. The molecule has 7 nitrogen and oxygen atoms in total. The lowest BCUT2D eigenvalue weighted by Gasteiger charge is -2.28. The van der Waals surface area contributed by atoms with Gasteiger partial charge in [0.1, 0.15) is 6.67 Å². The molecule has 0 N–H and O–H groups in total. The van der Waals surface area contributed by atoms with Crippen LogP contribution in [0, 0.1) is 10.1 Å². The molecule has 2 aromatic carbocycles. The van der Waals surface area contributed by atoms with E-state index in [4.69, 9.17) is 0 Å². The van der Waals surface area contributed by atoms with Gasteiger partial charge in [-0.3, -0.25) is 24.6 Å². The number of carbonyl (C=O) groups is 2. The molecule has 1 fully saturated rings. The maximum Gasteiger partial charge on any atom is 0.416 e. The summed E-state index contributed by atoms with van der Waals surface area (Å²) in [5, 5.41) is 10.9. The summed E-state index contributed by atoms with van der Waals surface area (Å²) in [5.41, 5.74) is -1.13. The van der Waals surface area contributed by atoms with E-state index in [2.05, 4.69) is 0 Å². The summed E-state index contributed by atoms with van der Waals surface area (Å²) < 4.78 is 39.0. The molecule has 0 bridgehead atoms. The Morgan fingerprint density at radius 2 is 1.86 bits per heavy atom. The Hall–Kier alpha value is -3.43. The van der Waals surface area contributed by atoms with Crippen LogP contribution in [0.1, 0.15) is 28.8 Å². The van der Waals surface area contributed by atoms with E-state index in [-0.39, 0.29) is 29.5 Å². The summed E-state index contributed by atoms with van der Waals surface area (Å²) in [4.78, 5) is 37.8. The lowest BCUT2D eigenvalue weighted by Crippen LogP contribution is -2.42. The molecule has 29 heavy (non-hydrogen) atoms. The third-order valence-corrected chi connectivity index (χ3v) is 4.54. The number of rotatable bonds is 5. The van der Waals surface area contributed by atoms with Crippen LogP contribution in [0.3, 0.4) is 0 Å². The van der Waals surface area contributed by atoms with E-state index in [0.29, 0.717) is 19.4 Å². The molecule has 1 saturated heterocycles. The molecule has 10 heteroatoms. The van der Waals surface area contributed by atoms with E-state index in [1.54, 1.807) is 0 Å². The standard InChI is InChI=1S/C19H16F3N3O4/c20-19(21,22)14-4-1-3-13(11-14)18(27)24(12-23-10-2-5-17(23)26)15-6-8-16(9-7-15)25(28)29/h1,3-4,6-9,11H,2,5,10,12H2. The van der Waals surface area contributed by atoms with Crippen LogP contribution in [0.5, 0.6) is 0 Å². The Bertz CT molecular complexity index is 944. The summed E-state index contributed by atoms with van der Waals surface area (Å²) in [6.07, 6.45) is -3.67. The van der Waals surface area contributed by atoms with Gasteiger partial charge >= 0.3 is 6.18 Å². The van der Waals surface area contributed by atoms with E-state index in [1.165, 1.54) is 35.2 Å². The van der Waals surface area contributed by atoms with Gasteiger partial charge in [0.05, 0.1) is 10.5 Å². The second kappa shape index (κ2) is 7.90. The maximum absolute atomic E-state index is 13.0. The number of likely N-dealkylation sites (tertiary alicyclic amines) is 1. The molecule has 0 unspecified atom stereocenters. The molecular formula is C19H16F3N3O4. The van der Waals surface area contributed by atoms with E-state index in [1.807, 2.05) is 0 Å². The number of amides is 2. The van der Waals surface area contributed by atoms with Crippen molar-refractivity contribution in [2.45, 2.75) is 19.0 Å². The van der Waals surface area contributed by atoms with Crippen molar-refractivity contribution in [1.29, 1.82) is 0 Å². The largest absolute Gasteiger partial charge is 0.416 e. The zero-order valence-corrected chi connectivity index (χ0v) is 15.1. The Balaban J connectivity index is 1.96. The van der Waals surface area contributed by atoms with Gasteiger partial charge in [0.2, 0.25) is 5.91 Å². The third kappa shape index (κ3) is 4.53. The van der Waals surface area contributed by atoms with Gasteiger partial charge in [0.15, 0.2) is 0 Å². The molecule has 2 amide bonds. The normalized spacial score (nSPS) is 14.2. The first-order valence-corrected chi connectivity index (χ1v) is 8.68. The molecule has 1 aliphatic rings. The molecule has 0 aromatic heterocycles. The predicted octanol–water partition coefficient (Wildman–Crippen LogP) is 3.84. The average molecular weight is 407 g/mol. The summed E-state index contributed by atoms with van der Waals surface area (Å²) in [5.74, 6) is -0.918. The molecule has 1 heterocycles. The maximum atomic E-state index is 13.0. The number of nitrogens with zero attached hydrogens (tertiary/aromatic N) is 3. The fraction of sp³-hybridized carbons (Fsp3) is 0.263. The smallest absolute Gasteiger partial charge is 0.324 e. The van der Waals surface area contributed by atoms with Gasteiger partial charge in [-0.05, 0) is 36.8 Å². The highest BCUT2D eigenvalue weighted by atomic mass is 19.4. The quantitative estimate of drug-likeness (QED) is 0.557. The van der Waals surface area contributed by atoms with Gasteiger partial charge in [-0.2, -0.15) is 13.2 Å². The highest BCUT2D eigenvalue weighted by Gasteiger charge is 2.32. The first-order valence-electron chi connectivity index (χ1n) is 8.68. The minimum absolute atomic E-state index is 0.161. The number of hydrogen-bond acceptors (Lipinski definition) is 4. The van der Waals surface area contributed by atoms with E-state index in [9.17, 15) is 32.9 Å². The van der Waals surface area contributed by atoms with Crippen molar-refractivity contribution in [1.82, 2.24) is 4.90 Å². The van der Waals surface area contributed by atoms with Crippen molar-refractivity contribution < 1.29 is 27.7 Å². The van der Waals surface area contributed by atoms with E-state index < -0.39 is 22.6 Å². The van der Waals surface area contributed by atoms with Gasteiger partial charge in [0.25, 0.3) is 11.6 Å². The lowest BCUT2D eigenvalue weighted by molar-refractivity contribution is -0.384. The van der Waals surface area contributed by atoms with E-state index >= 15 is 0 Å². The number of non-ortho nitro benzene ring substituents is 1. The van der Waals surface area contributed by atoms with Gasteiger partial charge in [-0.15, -0.1) is 0 Å². The van der Waals surface area contributed by atoms with Gasteiger partial charge in [-0.25, -0.2) is 0 Å². The summed E-state index contributed by atoms with van der Waals surface area (Å²) in [7, 11) is 0. The first-order chi connectivity index (χ1) is 13.7. The Kier molecular flexibility index (Phi) is 5.53. The molecule has 0 spiro atoms. The monoisotopic (exact) mass is 407 g/mol. The summed E-state index contributed by atoms with van der Waals surface area (Å²) in [6, 6.07) is 9.01. The van der Waals surface area contributed by atoms with Crippen LogP contribution < -0.4 is 4.90 Å². The van der Waals surface area contributed by atoms with Crippen LogP contribution in [-0.4, -0.2) is 34.9 Å². The Labute approximate surface area is 163 Å². The molecule has 1 aliphatic heterocycles. The molecule has 2 aromatic rings. The molecule has 0 aliphatic carbocycles. The summed E-state index contributed by atoms with van der Waals surface area (Å²) >= 11 is 0. The fourth-order valence-electron chi connectivity index (χ4n) is 3.03. The number of carbonyl (C=O) groups excluding carboxylic acids is 2. The number of alkyl halides is 3. The van der Waals surface area contributed by atoms with Crippen molar-refractivity contribution >= 4 is 23.2 Å². The molecule has 0 atom stereocenters. The van der Waals surface area contributed by atoms with E-state index in [0.717, 1.165) is 23.1 Å². The van der Waals surface area contributed by atoms with Gasteiger partial charge in [-0.1, -0.05) is 6.07 Å². The summed E-state index contributed by atoms with van der Waals surface area (Å²) in [6.45, 7) is 0.254. The minimum atomic E-state index is -4.61. The van der Waals surface area contributed by atoms with Crippen molar-refractivity contribution in [3.05, 3.63) is 69.8 Å². The number of hydrogen-bond donors (Lipinski definition) is 0. The zero-order valence-electron chi connectivity index (χ0n) is 15.1. The second-order valence-corrected chi connectivity index (χ2v) is 6.49. The van der Waals surface area contributed by atoms with Gasteiger partial charge < -0.3 is 4.90 Å². The number of anilines is 1. The van der Waals surface area contributed by atoms with Gasteiger partial charge in [0, 0.05) is 36.3 Å².